The molecule has 0 saturated carbocycles. The summed E-state index contributed by atoms with van der Waals surface area (Å²) in [4.78, 5) is 30.7. The Bertz CT molecular complexity index is 1050. The van der Waals surface area contributed by atoms with Crippen molar-refractivity contribution in [2.75, 3.05) is 16.4 Å². The Labute approximate surface area is 172 Å². The number of fused-ring (bicyclic) bond motifs is 1. The first-order valence-corrected chi connectivity index (χ1v) is 10.7. The fourth-order valence-corrected chi connectivity index (χ4v) is 4.60. The predicted molar refractivity (Wildman–Crippen MR) is 114 cm³/mol. The molecule has 0 bridgehead atoms. The van der Waals surface area contributed by atoms with Gasteiger partial charge in [-0.3, -0.25) is 14.9 Å². The van der Waals surface area contributed by atoms with Crippen LogP contribution in [0.3, 0.4) is 0 Å². The maximum Gasteiger partial charge on any atom is 0.257 e. The average molecular weight is 460 g/mol. The molecule has 1 aliphatic rings. The van der Waals surface area contributed by atoms with Crippen molar-refractivity contribution in [1.82, 2.24) is 4.98 Å². The number of rotatable bonds is 3. The number of aryl methyl sites for hydroxylation is 1. The monoisotopic (exact) mass is 459 g/mol. The Kier molecular flexibility index (Phi) is 5.03. The summed E-state index contributed by atoms with van der Waals surface area (Å²) < 4.78 is 1.00. The van der Waals surface area contributed by atoms with Crippen LogP contribution in [0.25, 0.3) is 11.3 Å². The number of anilines is 2. The highest BCUT2D eigenvalue weighted by molar-refractivity contribution is 9.10. The highest BCUT2D eigenvalue weighted by atomic mass is 79.9. The van der Waals surface area contributed by atoms with Crippen LogP contribution >= 0.6 is 39.0 Å². The smallest absolute Gasteiger partial charge is 0.257 e. The Morgan fingerprint density at radius 3 is 2.78 bits per heavy atom. The van der Waals surface area contributed by atoms with Crippen LogP contribution in [-0.2, 0) is 4.79 Å². The minimum atomic E-state index is -0.251. The minimum absolute atomic E-state index is 0.0558. The third-order valence-electron chi connectivity index (χ3n) is 4.01. The maximum atomic E-state index is 12.6. The van der Waals surface area contributed by atoms with E-state index < -0.39 is 0 Å². The lowest BCUT2D eigenvalue weighted by molar-refractivity contribution is -0.113. The van der Waals surface area contributed by atoms with Crippen molar-refractivity contribution in [3.63, 3.8) is 0 Å². The molecule has 2 amide bonds. The SMILES string of the molecule is Cc1sc(NC(=O)c2ccc3c(c2)NC(=O)CS3)nc1-c1ccc(Br)cc1. The summed E-state index contributed by atoms with van der Waals surface area (Å²) in [5.74, 6) is 0.0916. The van der Waals surface area contributed by atoms with Crippen LogP contribution in [0.2, 0.25) is 0 Å². The van der Waals surface area contributed by atoms with Gasteiger partial charge in [-0.05, 0) is 37.3 Å². The van der Waals surface area contributed by atoms with Gasteiger partial charge < -0.3 is 5.32 Å². The van der Waals surface area contributed by atoms with E-state index in [1.165, 1.54) is 23.1 Å². The molecule has 1 aliphatic heterocycles. The summed E-state index contributed by atoms with van der Waals surface area (Å²) in [6, 6.07) is 13.2. The lowest BCUT2D eigenvalue weighted by Crippen LogP contribution is -2.19. The van der Waals surface area contributed by atoms with Gasteiger partial charge in [0.1, 0.15) is 0 Å². The van der Waals surface area contributed by atoms with Crippen molar-refractivity contribution in [1.29, 1.82) is 0 Å². The Hall–Kier alpha value is -2.16. The predicted octanol–water partition coefficient (Wildman–Crippen LogP) is 5.18. The number of hydrogen-bond acceptors (Lipinski definition) is 5. The summed E-state index contributed by atoms with van der Waals surface area (Å²) in [6.07, 6.45) is 0. The molecule has 0 atom stereocenters. The van der Waals surface area contributed by atoms with Gasteiger partial charge >= 0.3 is 0 Å². The van der Waals surface area contributed by atoms with Crippen molar-refractivity contribution in [2.24, 2.45) is 0 Å². The Morgan fingerprint density at radius 2 is 2.00 bits per heavy atom. The van der Waals surface area contributed by atoms with Crippen LogP contribution in [0.4, 0.5) is 10.8 Å². The van der Waals surface area contributed by atoms with Crippen molar-refractivity contribution < 1.29 is 9.59 Å². The topological polar surface area (TPSA) is 71.1 Å². The first-order valence-electron chi connectivity index (χ1n) is 8.11. The summed E-state index contributed by atoms with van der Waals surface area (Å²) in [5, 5.41) is 6.21. The molecule has 0 unspecified atom stereocenters. The molecular formula is C19H14BrN3O2S2. The fourth-order valence-electron chi connectivity index (χ4n) is 2.72. The molecule has 136 valence electrons. The zero-order valence-electron chi connectivity index (χ0n) is 14.2. The van der Waals surface area contributed by atoms with Crippen molar-refractivity contribution in [2.45, 2.75) is 11.8 Å². The second-order valence-electron chi connectivity index (χ2n) is 5.93. The van der Waals surface area contributed by atoms with E-state index >= 15 is 0 Å². The summed E-state index contributed by atoms with van der Waals surface area (Å²) in [6.45, 7) is 1.98. The third-order valence-corrected chi connectivity index (χ3v) is 6.50. The number of thioether (sulfide) groups is 1. The molecule has 0 radical (unpaired) electrons. The van der Waals surface area contributed by atoms with Gasteiger partial charge in [0.2, 0.25) is 5.91 Å². The van der Waals surface area contributed by atoms with Crippen molar-refractivity contribution in [3.05, 3.63) is 57.4 Å². The van der Waals surface area contributed by atoms with Crippen LogP contribution in [0.1, 0.15) is 15.2 Å². The van der Waals surface area contributed by atoms with Crippen molar-refractivity contribution >= 4 is 61.7 Å². The lowest BCUT2D eigenvalue weighted by Gasteiger charge is -2.16. The quantitative estimate of drug-likeness (QED) is 0.565. The number of benzene rings is 2. The fraction of sp³-hybridized carbons (Fsp3) is 0.105. The molecule has 2 aromatic carbocycles. The second kappa shape index (κ2) is 7.46. The van der Waals surface area contributed by atoms with Crippen LogP contribution in [0, 0.1) is 6.92 Å². The van der Waals surface area contributed by atoms with E-state index in [-0.39, 0.29) is 11.8 Å². The molecule has 0 aliphatic carbocycles. The number of nitrogens with one attached hydrogen (secondary N) is 2. The van der Waals surface area contributed by atoms with Crippen LogP contribution in [0.5, 0.6) is 0 Å². The number of thiazole rings is 1. The summed E-state index contributed by atoms with van der Waals surface area (Å²) >= 11 is 6.33. The van der Waals surface area contributed by atoms with E-state index in [1.807, 2.05) is 37.3 Å². The molecule has 3 aromatic rings. The number of carbonyl (C=O) groups is 2. The number of carbonyl (C=O) groups excluding carboxylic acids is 2. The number of halogens is 1. The lowest BCUT2D eigenvalue weighted by atomic mass is 10.1. The highest BCUT2D eigenvalue weighted by Crippen LogP contribution is 2.33. The first-order chi connectivity index (χ1) is 13.0. The van der Waals surface area contributed by atoms with Crippen LogP contribution in [-0.4, -0.2) is 22.6 Å². The average Bonchev–Trinajstić information content (AvgIpc) is 3.01. The van der Waals surface area contributed by atoms with E-state index in [1.54, 1.807) is 12.1 Å². The number of amides is 2. The first kappa shape index (κ1) is 18.2. The zero-order chi connectivity index (χ0) is 19.0. The summed E-state index contributed by atoms with van der Waals surface area (Å²) in [7, 11) is 0. The molecule has 5 nitrogen and oxygen atoms in total. The Morgan fingerprint density at radius 1 is 1.22 bits per heavy atom. The van der Waals surface area contributed by atoms with Gasteiger partial charge in [0.05, 0.1) is 17.1 Å². The molecule has 2 heterocycles. The van der Waals surface area contributed by atoms with Gasteiger partial charge in [-0.15, -0.1) is 23.1 Å². The molecule has 0 fully saturated rings. The van der Waals surface area contributed by atoms with E-state index in [2.05, 4.69) is 31.5 Å². The van der Waals surface area contributed by atoms with E-state index in [4.69, 9.17) is 0 Å². The van der Waals surface area contributed by atoms with E-state index in [9.17, 15) is 9.59 Å². The number of hydrogen-bond donors (Lipinski definition) is 2. The molecule has 27 heavy (non-hydrogen) atoms. The van der Waals surface area contributed by atoms with Gasteiger partial charge in [0.25, 0.3) is 5.91 Å². The molecule has 4 rings (SSSR count). The summed E-state index contributed by atoms with van der Waals surface area (Å²) in [5.41, 5.74) is 3.02. The largest absolute Gasteiger partial charge is 0.324 e. The van der Waals surface area contributed by atoms with Crippen LogP contribution in [0.15, 0.2) is 51.8 Å². The molecule has 1 aromatic heterocycles. The molecule has 0 spiro atoms. The molecule has 8 heteroatoms. The Balaban J connectivity index is 1.55. The van der Waals surface area contributed by atoms with E-state index in [0.29, 0.717) is 22.1 Å². The second-order valence-corrected chi connectivity index (χ2v) is 9.07. The molecule has 0 saturated heterocycles. The normalized spacial score (nSPS) is 13.0. The van der Waals surface area contributed by atoms with Crippen LogP contribution < -0.4 is 10.6 Å². The zero-order valence-corrected chi connectivity index (χ0v) is 17.4. The number of aromatic nitrogens is 1. The van der Waals surface area contributed by atoms with Gasteiger partial charge in [-0.25, -0.2) is 4.98 Å². The van der Waals surface area contributed by atoms with Crippen molar-refractivity contribution in [3.8, 4) is 11.3 Å². The number of nitrogens with zero attached hydrogens (tertiary/aromatic N) is 1. The van der Waals surface area contributed by atoms with Gasteiger partial charge in [-0.2, -0.15) is 0 Å². The van der Waals surface area contributed by atoms with Gasteiger partial charge in [0.15, 0.2) is 5.13 Å². The van der Waals surface area contributed by atoms with Gasteiger partial charge in [0, 0.05) is 25.4 Å². The highest BCUT2D eigenvalue weighted by Gasteiger charge is 2.18. The molecule has 2 N–H and O–H groups in total. The van der Waals surface area contributed by atoms with Gasteiger partial charge in [-0.1, -0.05) is 28.1 Å². The standard InChI is InChI=1S/C19H14BrN3O2S2/c1-10-17(11-2-5-13(20)6-3-11)22-19(27-10)23-18(25)12-4-7-15-14(8-12)21-16(24)9-26-15/h2-8H,9H2,1H3,(H,21,24)(H,22,23,25). The minimum Gasteiger partial charge on any atom is -0.324 e. The third kappa shape index (κ3) is 3.92. The van der Waals surface area contributed by atoms with E-state index in [0.717, 1.165) is 25.5 Å². The molecular weight excluding hydrogens is 446 g/mol. The maximum absolute atomic E-state index is 12.6.